The number of alkyl halides is 2. The number of nitrogens with zero attached hydrogens (tertiary/aromatic N) is 2. The zero-order chi connectivity index (χ0) is 11.4. The molecule has 1 unspecified atom stereocenters. The van der Waals surface area contributed by atoms with Crippen LogP contribution in [0.3, 0.4) is 0 Å². The fourth-order valence-electron chi connectivity index (χ4n) is 1.59. The van der Waals surface area contributed by atoms with Crippen LogP contribution in [0.15, 0.2) is 42.9 Å². The van der Waals surface area contributed by atoms with E-state index >= 15 is 0 Å². The third-order valence-electron chi connectivity index (χ3n) is 2.43. The van der Waals surface area contributed by atoms with Crippen LogP contribution in [0.1, 0.15) is 16.2 Å². The molecule has 2 nitrogen and oxygen atoms in total. The lowest BCUT2D eigenvalue weighted by Crippen LogP contribution is -2.06. The van der Waals surface area contributed by atoms with Gasteiger partial charge in [0, 0.05) is 12.6 Å². The average molecular weight is 300 g/mol. The molecule has 0 aliphatic heterocycles. The van der Waals surface area contributed by atoms with Crippen molar-refractivity contribution < 1.29 is 0 Å². The van der Waals surface area contributed by atoms with Crippen molar-refractivity contribution in [3.63, 3.8) is 0 Å². The van der Waals surface area contributed by atoms with Crippen molar-refractivity contribution >= 4 is 27.5 Å². The highest BCUT2D eigenvalue weighted by Crippen LogP contribution is 2.23. The lowest BCUT2D eigenvalue weighted by molar-refractivity contribution is 0.666. The smallest absolute Gasteiger partial charge is 0.0958 e. The van der Waals surface area contributed by atoms with E-state index in [9.17, 15) is 0 Å². The second kappa shape index (κ2) is 5.51. The van der Waals surface area contributed by atoms with Crippen LogP contribution in [-0.4, -0.2) is 9.55 Å². The summed E-state index contributed by atoms with van der Waals surface area (Å²) in [7, 11) is 0. The molecule has 0 spiro atoms. The molecule has 4 heteroatoms. The number of rotatable bonds is 4. The molecule has 0 amide bonds. The van der Waals surface area contributed by atoms with E-state index in [2.05, 4.69) is 37.6 Å². The first kappa shape index (κ1) is 11.7. The Hall–Kier alpha value is -0.800. The van der Waals surface area contributed by atoms with Gasteiger partial charge in [0.25, 0.3) is 0 Å². The van der Waals surface area contributed by atoms with Gasteiger partial charge in [-0.25, -0.2) is 4.98 Å². The number of hydrogen-bond donors (Lipinski definition) is 0. The van der Waals surface area contributed by atoms with Crippen molar-refractivity contribution in [3.8, 4) is 0 Å². The molecule has 1 aromatic heterocycles. The number of halogens is 2. The normalized spacial score (nSPS) is 12.6. The number of hydrogen-bond acceptors (Lipinski definition) is 1. The summed E-state index contributed by atoms with van der Waals surface area (Å²) >= 11 is 9.50. The third kappa shape index (κ3) is 2.66. The lowest BCUT2D eigenvalue weighted by Gasteiger charge is -2.13. The van der Waals surface area contributed by atoms with E-state index in [1.54, 1.807) is 12.5 Å². The van der Waals surface area contributed by atoms with Gasteiger partial charge in [-0.2, -0.15) is 0 Å². The van der Waals surface area contributed by atoms with Crippen LogP contribution in [0.25, 0.3) is 0 Å². The maximum atomic E-state index is 5.84. The van der Waals surface area contributed by atoms with Gasteiger partial charge in [0.15, 0.2) is 0 Å². The molecule has 0 fully saturated rings. The molecule has 2 aromatic rings. The third-order valence-corrected chi connectivity index (χ3v) is 3.47. The Morgan fingerprint density at radius 2 is 2.06 bits per heavy atom. The fraction of sp³-hybridized carbons (Fsp3) is 0.250. The highest BCUT2D eigenvalue weighted by molar-refractivity contribution is 9.09. The Balaban J connectivity index is 2.11. The van der Waals surface area contributed by atoms with Crippen LogP contribution in [-0.2, 0) is 12.3 Å². The van der Waals surface area contributed by atoms with Gasteiger partial charge < -0.3 is 4.57 Å². The van der Waals surface area contributed by atoms with E-state index in [4.69, 9.17) is 11.6 Å². The Bertz CT molecular complexity index is 441. The van der Waals surface area contributed by atoms with E-state index in [1.165, 1.54) is 5.56 Å². The standard InChI is InChI=1S/C12H12BrClN2/c13-12(6-10-4-2-1-3-5-10)16-9-15-8-11(16)7-14/h1-5,8-9,12H,6-7H2. The monoisotopic (exact) mass is 298 g/mol. The first-order valence-electron chi connectivity index (χ1n) is 5.06. The van der Waals surface area contributed by atoms with E-state index in [0.717, 1.165) is 12.1 Å². The second-order valence-electron chi connectivity index (χ2n) is 3.55. The van der Waals surface area contributed by atoms with Gasteiger partial charge in [-0.15, -0.1) is 11.6 Å². The Morgan fingerprint density at radius 1 is 1.31 bits per heavy atom. The van der Waals surface area contributed by atoms with E-state index in [0.29, 0.717) is 5.88 Å². The first-order chi connectivity index (χ1) is 7.81. The molecule has 0 aliphatic carbocycles. The van der Waals surface area contributed by atoms with Crippen molar-refractivity contribution in [2.45, 2.75) is 17.3 Å². The minimum Gasteiger partial charge on any atom is -0.320 e. The minimum atomic E-state index is 0.200. The van der Waals surface area contributed by atoms with Crippen molar-refractivity contribution in [2.75, 3.05) is 0 Å². The lowest BCUT2D eigenvalue weighted by atomic mass is 10.1. The quantitative estimate of drug-likeness (QED) is 0.786. The average Bonchev–Trinajstić information content (AvgIpc) is 2.78. The molecule has 84 valence electrons. The molecule has 16 heavy (non-hydrogen) atoms. The maximum absolute atomic E-state index is 5.84. The topological polar surface area (TPSA) is 17.8 Å². The largest absolute Gasteiger partial charge is 0.320 e. The zero-order valence-electron chi connectivity index (χ0n) is 8.68. The molecule has 1 aromatic carbocycles. The first-order valence-corrected chi connectivity index (χ1v) is 6.51. The van der Waals surface area contributed by atoms with Crippen LogP contribution >= 0.6 is 27.5 Å². The SMILES string of the molecule is ClCc1cncn1C(Br)Cc1ccccc1. The molecule has 0 saturated carbocycles. The summed E-state index contributed by atoms with van der Waals surface area (Å²) in [5, 5.41) is 0. The summed E-state index contributed by atoms with van der Waals surface area (Å²) in [6.07, 6.45) is 4.52. The van der Waals surface area contributed by atoms with Crippen LogP contribution in [0.4, 0.5) is 0 Å². The van der Waals surface area contributed by atoms with Gasteiger partial charge >= 0.3 is 0 Å². The number of benzene rings is 1. The number of aromatic nitrogens is 2. The van der Waals surface area contributed by atoms with Crippen LogP contribution in [0, 0.1) is 0 Å². The van der Waals surface area contributed by atoms with Gasteiger partial charge in [-0.1, -0.05) is 46.3 Å². The van der Waals surface area contributed by atoms with Crippen LogP contribution in [0.5, 0.6) is 0 Å². The highest BCUT2D eigenvalue weighted by atomic mass is 79.9. The van der Waals surface area contributed by atoms with Crippen LogP contribution in [0.2, 0.25) is 0 Å². The Labute approximate surface area is 108 Å². The van der Waals surface area contributed by atoms with Gasteiger partial charge in [0.05, 0.1) is 22.9 Å². The molecule has 0 radical (unpaired) electrons. The molecule has 0 aliphatic rings. The summed E-state index contributed by atoms with van der Waals surface area (Å²) in [6, 6.07) is 10.3. The molecular weight excluding hydrogens is 288 g/mol. The Kier molecular flexibility index (Phi) is 4.02. The molecular formula is C12H12BrClN2. The van der Waals surface area contributed by atoms with Crippen molar-refractivity contribution in [1.82, 2.24) is 9.55 Å². The van der Waals surface area contributed by atoms with Crippen LogP contribution < -0.4 is 0 Å². The molecule has 0 N–H and O–H groups in total. The van der Waals surface area contributed by atoms with Gasteiger partial charge in [-0.05, 0) is 5.56 Å². The summed E-state index contributed by atoms with van der Waals surface area (Å²) < 4.78 is 2.06. The predicted molar refractivity (Wildman–Crippen MR) is 69.9 cm³/mol. The molecule has 0 bridgehead atoms. The van der Waals surface area contributed by atoms with Crippen molar-refractivity contribution in [1.29, 1.82) is 0 Å². The predicted octanol–water partition coefficient (Wildman–Crippen LogP) is 3.76. The molecule has 2 rings (SSSR count). The molecule has 1 atom stereocenters. The Morgan fingerprint density at radius 3 is 2.75 bits per heavy atom. The highest BCUT2D eigenvalue weighted by Gasteiger charge is 2.10. The van der Waals surface area contributed by atoms with Gasteiger partial charge in [0.1, 0.15) is 0 Å². The fourth-order valence-corrected chi connectivity index (χ4v) is 2.54. The summed E-state index contributed by atoms with van der Waals surface area (Å²) in [4.78, 5) is 4.30. The maximum Gasteiger partial charge on any atom is 0.0958 e. The van der Waals surface area contributed by atoms with Gasteiger partial charge in [-0.3, -0.25) is 0 Å². The second-order valence-corrected chi connectivity index (χ2v) is 4.87. The minimum absolute atomic E-state index is 0.200. The summed E-state index contributed by atoms with van der Waals surface area (Å²) in [5.41, 5.74) is 2.32. The molecule has 1 heterocycles. The van der Waals surface area contributed by atoms with Crippen molar-refractivity contribution in [2.24, 2.45) is 0 Å². The van der Waals surface area contributed by atoms with Gasteiger partial charge in [0.2, 0.25) is 0 Å². The van der Waals surface area contributed by atoms with E-state index < -0.39 is 0 Å². The summed E-state index contributed by atoms with van der Waals surface area (Å²) in [6.45, 7) is 0. The van der Waals surface area contributed by atoms with E-state index in [1.807, 2.05) is 18.2 Å². The van der Waals surface area contributed by atoms with Crippen molar-refractivity contribution in [3.05, 3.63) is 54.1 Å². The van der Waals surface area contributed by atoms with E-state index in [-0.39, 0.29) is 4.95 Å². The molecule has 0 saturated heterocycles. The number of imidazole rings is 1. The summed E-state index contributed by atoms with van der Waals surface area (Å²) in [5.74, 6) is 0.483. The zero-order valence-corrected chi connectivity index (χ0v) is 11.0.